The van der Waals surface area contributed by atoms with Crippen LogP contribution in [-0.4, -0.2) is 10.7 Å². The minimum Gasteiger partial charge on any atom is -0.399 e. The summed E-state index contributed by atoms with van der Waals surface area (Å²) < 4.78 is 0.949. The number of thioether (sulfide) groups is 1. The first-order chi connectivity index (χ1) is 9.58. The molecule has 20 heavy (non-hydrogen) atoms. The van der Waals surface area contributed by atoms with E-state index in [0.717, 1.165) is 20.7 Å². The molecule has 0 atom stereocenters. The van der Waals surface area contributed by atoms with Crippen molar-refractivity contribution in [3.05, 3.63) is 62.6 Å². The Balaban J connectivity index is 2.01. The van der Waals surface area contributed by atoms with Gasteiger partial charge in [0.05, 0.1) is 4.92 Å². The highest BCUT2D eigenvalue weighted by Gasteiger charge is 2.12. The number of halogens is 1. The minimum atomic E-state index is -0.334. The standard InChI is InChI=1S/C14H13BrN2O2S/c15-12-9-11(16)5-6-14(12)20-8-7-10-3-1-2-4-13(10)17(18)19/h1-6,9H,7-8,16H2. The van der Waals surface area contributed by atoms with Gasteiger partial charge in [0.15, 0.2) is 0 Å². The van der Waals surface area contributed by atoms with Crippen LogP contribution in [0.25, 0.3) is 0 Å². The molecule has 2 aromatic carbocycles. The van der Waals surface area contributed by atoms with Gasteiger partial charge in [-0.05, 0) is 40.5 Å². The van der Waals surface area contributed by atoms with Gasteiger partial charge >= 0.3 is 0 Å². The lowest BCUT2D eigenvalue weighted by atomic mass is 10.1. The van der Waals surface area contributed by atoms with Crippen LogP contribution < -0.4 is 5.73 Å². The lowest BCUT2D eigenvalue weighted by Crippen LogP contribution is -1.96. The average Bonchev–Trinajstić information content (AvgIpc) is 2.41. The number of para-hydroxylation sites is 1. The van der Waals surface area contributed by atoms with Crippen molar-refractivity contribution in [1.82, 2.24) is 0 Å². The lowest BCUT2D eigenvalue weighted by Gasteiger charge is -2.06. The minimum absolute atomic E-state index is 0.185. The fourth-order valence-electron chi connectivity index (χ4n) is 1.81. The summed E-state index contributed by atoms with van der Waals surface area (Å²) in [5, 5.41) is 10.9. The molecule has 2 aromatic rings. The van der Waals surface area contributed by atoms with Gasteiger partial charge in [-0.1, -0.05) is 18.2 Å². The summed E-state index contributed by atoms with van der Waals surface area (Å²) in [6.45, 7) is 0. The summed E-state index contributed by atoms with van der Waals surface area (Å²) in [5.74, 6) is 0.771. The summed E-state index contributed by atoms with van der Waals surface area (Å²) in [4.78, 5) is 11.7. The number of nitro groups is 1. The van der Waals surface area contributed by atoms with Crippen LogP contribution >= 0.6 is 27.7 Å². The third-order valence-electron chi connectivity index (χ3n) is 2.77. The van der Waals surface area contributed by atoms with Gasteiger partial charge < -0.3 is 5.73 Å². The van der Waals surface area contributed by atoms with Crippen molar-refractivity contribution in [1.29, 1.82) is 0 Å². The van der Waals surface area contributed by atoms with Crippen LogP contribution in [0, 0.1) is 10.1 Å². The Kier molecular flexibility index (Phi) is 5.03. The molecule has 0 amide bonds. The molecule has 0 spiro atoms. The smallest absolute Gasteiger partial charge is 0.272 e. The fraction of sp³-hybridized carbons (Fsp3) is 0.143. The number of aryl methyl sites for hydroxylation is 1. The van der Waals surface area contributed by atoms with Gasteiger partial charge in [-0.15, -0.1) is 11.8 Å². The molecule has 0 fully saturated rings. The lowest BCUT2D eigenvalue weighted by molar-refractivity contribution is -0.385. The summed E-state index contributed by atoms with van der Waals surface area (Å²) in [6.07, 6.45) is 0.651. The monoisotopic (exact) mass is 352 g/mol. The quantitative estimate of drug-likeness (QED) is 0.377. The molecule has 0 aliphatic carbocycles. The molecule has 0 aromatic heterocycles. The van der Waals surface area contributed by atoms with Gasteiger partial charge in [-0.2, -0.15) is 0 Å². The molecule has 0 saturated carbocycles. The molecular formula is C14H13BrN2O2S. The van der Waals surface area contributed by atoms with Crippen LogP contribution in [-0.2, 0) is 6.42 Å². The number of anilines is 1. The molecule has 0 aliphatic rings. The zero-order valence-corrected chi connectivity index (χ0v) is 13.0. The van der Waals surface area contributed by atoms with Crippen molar-refractivity contribution in [3.8, 4) is 0 Å². The molecule has 2 N–H and O–H groups in total. The van der Waals surface area contributed by atoms with Crippen LogP contribution in [0.5, 0.6) is 0 Å². The number of nitrogens with two attached hydrogens (primary N) is 1. The molecule has 0 aliphatic heterocycles. The fourth-order valence-corrected chi connectivity index (χ4v) is 3.45. The van der Waals surface area contributed by atoms with Crippen molar-refractivity contribution in [3.63, 3.8) is 0 Å². The second kappa shape index (κ2) is 6.76. The zero-order chi connectivity index (χ0) is 14.5. The van der Waals surface area contributed by atoms with Gasteiger partial charge in [0.25, 0.3) is 5.69 Å². The maximum absolute atomic E-state index is 10.9. The maximum Gasteiger partial charge on any atom is 0.272 e. The first-order valence-electron chi connectivity index (χ1n) is 5.98. The van der Waals surface area contributed by atoms with Crippen molar-refractivity contribution in [2.75, 3.05) is 11.5 Å². The highest BCUT2D eigenvalue weighted by atomic mass is 79.9. The maximum atomic E-state index is 10.9. The van der Waals surface area contributed by atoms with E-state index in [2.05, 4.69) is 15.9 Å². The molecule has 0 bridgehead atoms. The molecule has 0 heterocycles. The zero-order valence-electron chi connectivity index (χ0n) is 10.6. The summed E-state index contributed by atoms with van der Waals surface area (Å²) in [7, 11) is 0. The highest BCUT2D eigenvalue weighted by Crippen LogP contribution is 2.30. The molecule has 4 nitrogen and oxygen atoms in total. The van der Waals surface area contributed by atoms with E-state index in [1.165, 1.54) is 0 Å². The third-order valence-corrected chi connectivity index (χ3v) is 4.77. The largest absolute Gasteiger partial charge is 0.399 e. The Labute approximate surface area is 129 Å². The topological polar surface area (TPSA) is 69.2 Å². The average molecular weight is 353 g/mol. The van der Waals surface area contributed by atoms with Gasteiger partial charge in [0.2, 0.25) is 0 Å². The Morgan fingerprint density at radius 3 is 2.70 bits per heavy atom. The predicted octanol–water partition coefficient (Wildman–Crippen LogP) is 4.27. The summed E-state index contributed by atoms with van der Waals surface area (Å²) in [6, 6.07) is 12.5. The van der Waals surface area contributed by atoms with E-state index in [9.17, 15) is 10.1 Å². The summed E-state index contributed by atoms with van der Waals surface area (Å²) in [5.41, 5.74) is 7.34. The summed E-state index contributed by atoms with van der Waals surface area (Å²) >= 11 is 5.11. The van der Waals surface area contributed by atoms with E-state index < -0.39 is 0 Å². The first-order valence-corrected chi connectivity index (χ1v) is 7.76. The van der Waals surface area contributed by atoms with E-state index in [4.69, 9.17) is 5.73 Å². The number of nitro benzene ring substituents is 1. The highest BCUT2D eigenvalue weighted by molar-refractivity contribution is 9.10. The molecule has 0 unspecified atom stereocenters. The van der Waals surface area contributed by atoms with Gasteiger partial charge in [-0.25, -0.2) is 0 Å². The van der Waals surface area contributed by atoms with E-state index in [1.54, 1.807) is 30.0 Å². The van der Waals surface area contributed by atoms with Crippen molar-refractivity contribution >= 4 is 39.1 Å². The Morgan fingerprint density at radius 1 is 1.25 bits per heavy atom. The van der Waals surface area contributed by atoms with Crippen molar-refractivity contribution in [2.45, 2.75) is 11.3 Å². The third kappa shape index (κ3) is 3.74. The molecule has 2 rings (SSSR count). The van der Waals surface area contributed by atoms with E-state index in [0.29, 0.717) is 12.1 Å². The molecule has 0 radical (unpaired) electrons. The predicted molar refractivity (Wildman–Crippen MR) is 86.1 cm³/mol. The first kappa shape index (κ1) is 14.9. The van der Waals surface area contributed by atoms with E-state index >= 15 is 0 Å². The van der Waals surface area contributed by atoms with Crippen molar-refractivity contribution < 1.29 is 4.92 Å². The number of benzene rings is 2. The van der Waals surface area contributed by atoms with Crippen LogP contribution in [0.2, 0.25) is 0 Å². The molecular weight excluding hydrogens is 340 g/mol. The molecule has 6 heteroatoms. The SMILES string of the molecule is Nc1ccc(SCCc2ccccc2[N+](=O)[O-])c(Br)c1. The number of nitrogen functional groups attached to an aromatic ring is 1. The van der Waals surface area contributed by atoms with Gasteiger partial charge in [-0.3, -0.25) is 10.1 Å². The number of hydrogen-bond acceptors (Lipinski definition) is 4. The van der Waals surface area contributed by atoms with Gasteiger partial charge in [0.1, 0.15) is 0 Å². The number of nitrogens with zero attached hydrogens (tertiary/aromatic N) is 1. The number of hydrogen-bond donors (Lipinski definition) is 1. The molecule has 104 valence electrons. The second-order valence-electron chi connectivity index (χ2n) is 4.17. The van der Waals surface area contributed by atoms with Crippen LogP contribution in [0.3, 0.4) is 0 Å². The Hall–Kier alpha value is -1.53. The van der Waals surface area contributed by atoms with E-state index in [1.807, 2.05) is 24.3 Å². The van der Waals surface area contributed by atoms with Crippen LogP contribution in [0.4, 0.5) is 11.4 Å². The second-order valence-corrected chi connectivity index (χ2v) is 6.17. The number of rotatable bonds is 5. The van der Waals surface area contributed by atoms with Crippen LogP contribution in [0.15, 0.2) is 51.8 Å². The normalized spacial score (nSPS) is 10.4. The Bertz CT molecular complexity index is 634. The van der Waals surface area contributed by atoms with Crippen LogP contribution in [0.1, 0.15) is 5.56 Å². The van der Waals surface area contributed by atoms with Crippen molar-refractivity contribution in [2.24, 2.45) is 0 Å². The molecule has 0 saturated heterocycles. The van der Waals surface area contributed by atoms with Gasteiger partial charge in [0, 0.05) is 32.4 Å². The van der Waals surface area contributed by atoms with E-state index in [-0.39, 0.29) is 10.6 Å². The Morgan fingerprint density at radius 2 is 2.00 bits per heavy atom.